The van der Waals surface area contributed by atoms with E-state index in [1.807, 2.05) is 0 Å². The molecule has 1 aromatic carbocycles. The molecule has 1 fully saturated rings. The summed E-state index contributed by atoms with van der Waals surface area (Å²) in [5, 5.41) is 0. The Hall–Kier alpha value is -0.580. The normalized spacial score (nSPS) is 24.9. The van der Waals surface area contributed by atoms with Crippen molar-refractivity contribution in [1.82, 2.24) is 4.72 Å². The largest absolute Gasteiger partial charge is 0.240 e. The minimum atomic E-state index is -3.41. The van der Waals surface area contributed by atoms with E-state index in [4.69, 9.17) is 11.6 Å². The first-order valence-electron chi connectivity index (χ1n) is 6.27. The lowest BCUT2D eigenvalue weighted by Crippen LogP contribution is -2.42. The van der Waals surface area contributed by atoms with Crippen molar-refractivity contribution >= 4 is 21.6 Å². The van der Waals surface area contributed by atoms with Crippen molar-refractivity contribution in [2.75, 3.05) is 5.88 Å². The van der Waals surface area contributed by atoms with Crippen LogP contribution in [0.3, 0.4) is 0 Å². The summed E-state index contributed by atoms with van der Waals surface area (Å²) in [4.78, 5) is 0.323. The van der Waals surface area contributed by atoms with E-state index < -0.39 is 10.0 Å². The zero-order valence-corrected chi connectivity index (χ0v) is 11.8. The quantitative estimate of drug-likeness (QED) is 0.866. The van der Waals surface area contributed by atoms with Gasteiger partial charge in [0, 0.05) is 11.9 Å². The number of sulfonamides is 1. The lowest BCUT2D eigenvalue weighted by molar-refractivity contribution is 0.314. The van der Waals surface area contributed by atoms with E-state index in [9.17, 15) is 8.42 Å². The SMILES string of the molecule is O=S(=O)(NC1CCCCC1CCl)c1ccccc1. The van der Waals surface area contributed by atoms with Crippen LogP contribution < -0.4 is 4.72 Å². The van der Waals surface area contributed by atoms with Gasteiger partial charge in [-0.15, -0.1) is 11.6 Å². The second-order valence-corrected chi connectivity index (χ2v) is 6.76. The van der Waals surface area contributed by atoms with Gasteiger partial charge in [-0.05, 0) is 30.9 Å². The van der Waals surface area contributed by atoms with Crippen LogP contribution in [-0.4, -0.2) is 20.3 Å². The third-order valence-corrected chi connectivity index (χ3v) is 5.37. The summed E-state index contributed by atoms with van der Waals surface area (Å²) in [6.45, 7) is 0. The second kappa shape index (κ2) is 6.04. The van der Waals surface area contributed by atoms with Crippen molar-refractivity contribution in [3.63, 3.8) is 0 Å². The van der Waals surface area contributed by atoms with Crippen LogP contribution in [0.1, 0.15) is 25.7 Å². The standard InChI is InChI=1S/C13H18ClNO2S/c14-10-11-6-4-5-9-13(11)15-18(16,17)12-7-2-1-3-8-12/h1-3,7-8,11,13,15H,4-6,9-10H2. The molecule has 1 aliphatic carbocycles. The molecule has 5 heteroatoms. The molecule has 3 nitrogen and oxygen atoms in total. The zero-order chi connectivity index (χ0) is 13.0. The van der Waals surface area contributed by atoms with Gasteiger partial charge in [-0.2, -0.15) is 0 Å². The van der Waals surface area contributed by atoms with Crippen molar-refractivity contribution in [3.8, 4) is 0 Å². The molecule has 100 valence electrons. The highest BCUT2D eigenvalue weighted by Crippen LogP contribution is 2.26. The highest BCUT2D eigenvalue weighted by molar-refractivity contribution is 7.89. The molecule has 0 radical (unpaired) electrons. The Balaban J connectivity index is 2.12. The monoisotopic (exact) mass is 287 g/mol. The lowest BCUT2D eigenvalue weighted by Gasteiger charge is -2.30. The first kappa shape index (κ1) is 13.8. The van der Waals surface area contributed by atoms with Gasteiger partial charge < -0.3 is 0 Å². The van der Waals surface area contributed by atoms with Gasteiger partial charge in [0.2, 0.25) is 10.0 Å². The van der Waals surface area contributed by atoms with Gasteiger partial charge in [0.05, 0.1) is 4.90 Å². The summed E-state index contributed by atoms with van der Waals surface area (Å²) in [5.74, 6) is 0.765. The van der Waals surface area contributed by atoms with Gasteiger partial charge >= 0.3 is 0 Å². The molecule has 2 atom stereocenters. The Morgan fingerprint density at radius 2 is 1.83 bits per heavy atom. The average molecular weight is 288 g/mol. The summed E-state index contributed by atoms with van der Waals surface area (Å²) in [6, 6.07) is 8.47. The van der Waals surface area contributed by atoms with Crippen LogP contribution >= 0.6 is 11.6 Å². The molecule has 1 aliphatic rings. The maximum Gasteiger partial charge on any atom is 0.240 e. The summed E-state index contributed by atoms with van der Waals surface area (Å²) in [7, 11) is -3.41. The number of halogens is 1. The molecule has 1 aromatic rings. The summed E-state index contributed by atoms with van der Waals surface area (Å²) >= 11 is 5.92. The minimum Gasteiger partial charge on any atom is -0.208 e. The van der Waals surface area contributed by atoms with Gasteiger partial charge in [0.25, 0.3) is 0 Å². The lowest BCUT2D eigenvalue weighted by atomic mass is 9.86. The maximum atomic E-state index is 12.2. The van der Waals surface area contributed by atoms with Crippen LogP contribution in [0.4, 0.5) is 0 Å². The first-order chi connectivity index (χ1) is 8.63. The molecule has 18 heavy (non-hydrogen) atoms. The number of rotatable bonds is 4. The van der Waals surface area contributed by atoms with Crippen LogP contribution in [-0.2, 0) is 10.0 Å². The highest BCUT2D eigenvalue weighted by Gasteiger charge is 2.28. The van der Waals surface area contributed by atoms with Crippen LogP contribution in [0.25, 0.3) is 0 Å². The summed E-state index contributed by atoms with van der Waals surface area (Å²) in [5.41, 5.74) is 0. The van der Waals surface area contributed by atoms with Crippen molar-refractivity contribution < 1.29 is 8.42 Å². The van der Waals surface area contributed by atoms with E-state index in [0.29, 0.717) is 10.8 Å². The van der Waals surface area contributed by atoms with Crippen molar-refractivity contribution in [3.05, 3.63) is 30.3 Å². The second-order valence-electron chi connectivity index (χ2n) is 4.74. The molecular formula is C13H18ClNO2S. The summed E-state index contributed by atoms with van der Waals surface area (Å²) in [6.07, 6.45) is 4.09. The fourth-order valence-electron chi connectivity index (χ4n) is 2.41. The van der Waals surface area contributed by atoms with Gasteiger partial charge in [-0.25, -0.2) is 13.1 Å². The zero-order valence-electron chi connectivity index (χ0n) is 10.2. The Labute approximate surface area is 114 Å². The predicted octanol–water partition coefficient (Wildman–Crippen LogP) is 2.76. The third-order valence-electron chi connectivity index (χ3n) is 3.47. The molecule has 2 rings (SSSR count). The van der Waals surface area contributed by atoms with Crippen molar-refractivity contribution in [2.45, 2.75) is 36.6 Å². The molecule has 0 amide bonds. The van der Waals surface area contributed by atoms with E-state index >= 15 is 0 Å². The van der Waals surface area contributed by atoms with Gasteiger partial charge in [0.1, 0.15) is 0 Å². The van der Waals surface area contributed by atoms with Crippen LogP contribution in [0.15, 0.2) is 35.2 Å². The molecular weight excluding hydrogens is 270 g/mol. The number of hydrogen-bond donors (Lipinski definition) is 1. The van der Waals surface area contributed by atoms with Gasteiger partial charge in [-0.1, -0.05) is 31.0 Å². The van der Waals surface area contributed by atoms with Crippen LogP contribution in [0, 0.1) is 5.92 Å². The first-order valence-corrected chi connectivity index (χ1v) is 8.28. The van der Waals surface area contributed by atoms with Crippen LogP contribution in [0.5, 0.6) is 0 Å². The molecule has 0 bridgehead atoms. The fourth-order valence-corrected chi connectivity index (χ4v) is 4.14. The molecule has 1 saturated carbocycles. The van der Waals surface area contributed by atoms with Crippen molar-refractivity contribution in [2.24, 2.45) is 5.92 Å². The number of hydrogen-bond acceptors (Lipinski definition) is 2. The van der Waals surface area contributed by atoms with Gasteiger partial charge in [0.15, 0.2) is 0 Å². The molecule has 0 aliphatic heterocycles. The minimum absolute atomic E-state index is 0.0264. The maximum absolute atomic E-state index is 12.2. The van der Waals surface area contributed by atoms with Gasteiger partial charge in [-0.3, -0.25) is 0 Å². The van der Waals surface area contributed by atoms with Crippen molar-refractivity contribution in [1.29, 1.82) is 0 Å². The summed E-state index contributed by atoms with van der Waals surface area (Å²) < 4.78 is 27.2. The molecule has 0 spiro atoms. The topological polar surface area (TPSA) is 46.2 Å². The Morgan fingerprint density at radius 1 is 1.17 bits per heavy atom. The van der Waals surface area contributed by atoms with E-state index in [-0.39, 0.29) is 12.0 Å². The van der Waals surface area contributed by atoms with E-state index in [0.717, 1.165) is 25.7 Å². The molecule has 1 N–H and O–H groups in total. The number of benzene rings is 1. The Morgan fingerprint density at radius 3 is 2.50 bits per heavy atom. The molecule has 0 saturated heterocycles. The average Bonchev–Trinajstić information content (AvgIpc) is 2.40. The van der Waals surface area contributed by atoms with Crippen LogP contribution in [0.2, 0.25) is 0 Å². The van der Waals surface area contributed by atoms with E-state index in [1.54, 1.807) is 30.3 Å². The fraction of sp³-hybridized carbons (Fsp3) is 0.538. The van der Waals surface area contributed by atoms with E-state index in [2.05, 4.69) is 4.72 Å². The Kier molecular flexibility index (Phi) is 4.65. The molecule has 2 unspecified atom stereocenters. The van der Waals surface area contributed by atoms with E-state index in [1.165, 1.54) is 0 Å². The predicted molar refractivity (Wildman–Crippen MR) is 73.2 cm³/mol. The third kappa shape index (κ3) is 3.25. The molecule has 0 heterocycles. The molecule has 0 aromatic heterocycles. The smallest absolute Gasteiger partial charge is 0.208 e. The number of nitrogens with one attached hydrogen (secondary N) is 1. The number of alkyl halides is 1. The Bertz CT molecular complexity index is 475. The highest BCUT2D eigenvalue weighted by atomic mass is 35.5.